The van der Waals surface area contributed by atoms with Gasteiger partial charge in [0.05, 0.1) is 5.41 Å². The van der Waals surface area contributed by atoms with Crippen LogP contribution in [0.25, 0.3) is 65.7 Å². The van der Waals surface area contributed by atoms with Crippen molar-refractivity contribution in [3.05, 3.63) is 271 Å². The maximum atomic E-state index is 2.46. The van der Waals surface area contributed by atoms with Crippen LogP contribution in [0.1, 0.15) is 22.3 Å². The summed E-state index contributed by atoms with van der Waals surface area (Å²) < 4.78 is 0. The zero-order chi connectivity index (χ0) is 41.0. The summed E-state index contributed by atoms with van der Waals surface area (Å²) in [6.45, 7) is 0. The molecule has 0 unspecified atom stereocenters. The number of fused-ring (bicyclic) bond motifs is 7. The number of nitrogens with zero attached hydrogens (tertiary/aromatic N) is 1. The van der Waals surface area contributed by atoms with Gasteiger partial charge in [-0.25, -0.2) is 0 Å². The summed E-state index contributed by atoms with van der Waals surface area (Å²) in [5, 5.41) is 7.54. The van der Waals surface area contributed by atoms with Gasteiger partial charge in [-0.05, 0) is 130 Å². The first kappa shape index (κ1) is 35.9. The van der Waals surface area contributed by atoms with Crippen LogP contribution in [0.4, 0.5) is 17.1 Å². The van der Waals surface area contributed by atoms with E-state index >= 15 is 0 Å². The molecule has 1 aliphatic rings. The Morgan fingerprint density at radius 1 is 0.258 bits per heavy atom. The molecule has 11 aromatic carbocycles. The molecule has 12 rings (SSSR count). The van der Waals surface area contributed by atoms with Gasteiger partial charge in [0, 0.05) is 17.1 Å². The molecule has 0 N–H and O–H groups in total. The van der Waals surface area contributed by atoms with Gasteiger partial charge in [-0.2, -0.15) is 0 Å². The monoisotopic (exact) mass is 787 g/mol. The van der Waals surface area contributed by atoms with Crippen molar-refractivity contribution < 1.29 is 0 Å². The molecule has 1 heteroatoms. The standard InChI is InChI=1S/C61H41N/c1-3-21-46(22-4-1)61(47-23-5-2-6-24-47)59-32-14-13-30-56(59)57-38-37-50(41-60(57)61)62(49-25-15-20-44(39-49)52-31-16-19-42-17-7-9-26-51(42)52)48-35-33-43(34-36-48)58-40-45-18-8-10-27-53(45)54-28-11-12-29-55(54)58/h1-41H. The van der Waals surface area contributed by atoms with Crippen LogP contribution in [0.3, 0.4) is 0 Å². The Balaban J connectivity index is 1.08. The predicted molar refractivity (Wildman–Crippen MR) is 262 cm³/mol. The summed E-state index contributed by atoms with van der Waals surface area (Å²) in [6, 6.07) is 91.7. The molecule has 0 amide bonds. The lowest BCUT2D eigenvalue weighted by molar-refractivity contribution is 0.768. The molecule has 0 atom stereocenters. The van der Waals surface area contributed by atoms with Crippen LogP contribution < -0.4 is 4.90 Å². The van der Waals surface area contributed by atoms with Crippen molar-refractivity contribution in [3.63, 3.8) is 0 Å². The van der Waals surface area contributed by atoms with E-state index in [0.29, 0.717) is 0 Å². The largest absolute Gasteiger partial charge is 0.310 e. The summed E-state index contributed by atoms with van der Waals surface area (Å²) in [7, 11) is 0. The van der Waals surface area contributed by atoms with Crippen LogP contribution in [-0.4, -0.2) is 0 Å². The lowest BCUT2D eigenvalue weighted by atomic mass is 9.67. The molecule has 0 spiro atoms. The Labute approximate surface area is 362 Å². The molecule has 0 aliphatic heterocycles. The van der Waals surface area contributed by atoms with Crippen molar-refractivity contribution in [1.29, 1.82) is 0 Å². The van der Waals surface area contributed by atoms with Crippen molar-refractivity contribution >= 4 is 49.4 Å². The van der Waals surface area contributed by atoms with Crippen molar-refractivity contribution in [2.24, 2.45) is 0 Å². The molecule has 0 fully saturated rings. The van der Waals surface area contributed by atoms with Crippen LogP contribution in [-0.2, 0) is 5.41 Å². The molecular weight excluding hydrogens is 747 g/mol. The third-order valence-electron chi connectivity index (χ3n) is 13.1. The fourth-order valence-corrected chi connectivity index (χ4v) is 10.4. The van der Waals surface area contributed by atoms with Gasteiger partial charge in [-0.3, -0.25) is 0 Å². The zero-order valence-corrected chi connectivity index (χ0v) is 34.1. The zero-order valence-electron chi connectivity index (χ0n) is 34.1. The molecule has 1 nitrogen and oxygen atoms in total. The highest BCUT2D eigenvalue weighted by atomic mass is 15.1. The molecule has 0 bridgehead atoms. The molecule has 0 aromatic heterocycles. The molecule has 11 aromatic rings. The molecule has 290 valence electrons. The number of rotatable bonds is 7. The van der Waals surface area contributed by atoms with Crippen molar-refractivity contribution in [1.82, 2.24) is 0 Å². The number of hydrogen-bond acceptors (Lipinski definition) is 1. The lowest BCUT2D eigenvalue weighted by Gasteiger charge is -2.35. The van der Waals surface area contributed by atoms with E-state index in [4.69, 9.17) is 0 Å². The van der Waals surface area contributed by atoms with E-state index in [2.05, 4.69) is 254 Å². The second-order valence-corrected chi connectivity index (χ2v) is 16.4. The minimum absolute atomic E-state index is 0.512. The minimum atomic E-state index is -0.512. The molecule has 0 heterocycles. The third-order valence-corrected chi connectivity index (χ3v) is 13.1. The van der Waals surface area contributed by atoms with E-state index in [9.17, 15) is 0 Å². The Bertz CT molecular complexity index is 3410. The number of anilines is 3. The maximum absolute atomic E-state index is 2.46. The first-order chi connectivity index (χ1) is 30.8. The highest BCUT2D eigenvalue weighted by molar-refractivity contribution is 6.13. The summed E-state index contributed by atoms with van der Waals surface area (Å²) in [4.78, 5) is 2.45. The van der Waals surface area contributed by atoms with E-state index in [0.717, 1.165) is 17.1 Å². The van der Waals surface area contributed by atoms with Gasteiger partial charge in [0.1, 0.15) is 0 Å². The Hall–Kier alpha value is -8.00. The summed E-state index contributed by atoms with van der Waals surface area (Å²) in [5.74, 6) is 0. The smallest absolute Gasteiger partial charge is 0.0714 e. The third kappa shape index (κ3) is 5.63. The normalized spacial score (nSPS) is 12.6. The quantitative estimate of drug-likeness (QED) is 0.145. The van der Waals surface area contributed by atoms with Crippen LogP contribution >= 0.6 is 0 Å². The van der Waals surface area contributed by atoms with E-state index in [1.807, 2.05) is 0 Å². The fourth-order valence-electron chi connectivity index (χ4n) is 10.4. The Kier molecular flexibility index (Phi) is 8.47. The van der Waals surface area contributed by atoms with Gasteiger partial charge >= 0.3 is 0 Å². The van der Waals surface area contributed by atoms with Crippen molar-refractivity contribution in [2.45, 2.75) is 5.41 Å². The summed E-state index contributed by atoms with van der Waals surface area (Å²) in [6.07, 6.45) is 0. The molecular formula is C61H41N. The van der Waals surface area contributed by atoms with Crippen LogP contribution in [0.15, 0.2) is 249 Å². The lowest BCUT2D eigenvalue weighted by Crippen LogP contribution is -2.28. The van der Waals surface area contributed by atoms with Crippen LogP contribution in [0.5, 0.6) is 0 Å². The van der Waals surface area contributed by atoms with Crippen LogP contribution in [0.2, 0.25) is 0 Å². The van der Waals surface area contributed by atoms with Gasteiger partial charge in [-0.1, -0.05) is 206 Å². The van der Waals surface area contributed by atoms with E-state index in [1.165, 1.54) is 88.0 Å². The molecule has 0 saturated carbocycles. The SMILES string of the molecule is c1ccc(C2(c3ccccc3)c3ccccc3-c3ccc(N(c4ccc(-c5cc6ccccc6c6ccccc56)cc4)c4cccc(-c5cccc6ccccc56)c4)cc32)cc1. The average molecular weight is 788 g/mol. The number of hydrogen-bond donors (Lipinski definition) is 0. The highest BCUT2D eigenvalue weighted by Crippen LogP contribution is 2.57. The second kappa shape index (κ2) is 14.6. The molecule has 0 radical (unpaired) electrons. The maximum Gasteiger partial charge on any atom is 0.0714 e. The average Bonchev–Trinajstić information content (AvgIpc) is 3.65. The van der Waals surface area contributed by atoms with Gasteiger partial charge in [0.2, 0.25) is 0 Å². The minimum Gasteiger partial charge on any atom is -0.310 e. The van der Waals surface area contributed by atoms with Gasteiger partial charge in [0.15, 0.2) is 0 Å². The molecule has 62 heavy (non-hydrogen) atoms. The van der Waals surface area contributed by atoms with E-state index in [1.54, 1.807) is 0 Å². The number of benzene rings is 11. The summed E-state index contributed by atoms with van der Waals surface area (Å²) >= 11 is 0. The Morgan fingerprint density at radius 2 is 0.806 bits per heavy atom. The second-order valence-electron chi connectivity index (χ2n) is 16.4. The van der Waals surface area contributed by atoms with Gasteiger partial charge in [-0.15, -0.1) is 0 Å². The topological polar surface area (TPSA) is 3.24 Å². The molecule has 0 saturated heterocycles. The molecule has 1 aliphatic carbocycles. The van der Waals surface area contributed by atoms with E-state index < -0.39 is 5.41 Å². The fraction of sp³-hybridized carbons (Fsp3) is 0.0164. The predicted octanol–water partition coefficient (Wildman–Crippen LogP) is 16.3. The first-order valence-corrected chi connectivity index (χ1v) is 21.5. The Morgan fingerprint density at radius 3 is 1.58 bits per heavy atom. The van der Waals surface area contributed by atoms with Crippen LogP contribution in [0, 0.1) is 0 Å². The highest BCUT2D eigenvalue weighted by Gasteiger charge is 2.46. The van der Waals surface area contributed by atoms with Gasteiger partial charge < -0.3 is 4.90 Å². The van der Waals surface area contributed by atoms with Crippen molar-refractivity contribution in [3.8, 4) is 33.4 Å². The van der Waals surface area contributed by atoms with E-state index in [-0.39, 0.29) is 0 Å². The van der Waals surface area contributed by atoms with Gasteiger partial charge in [0.25, 0.3) is 0 Å². The first-order valence-electron chi connectivity index (χ1n) is 21.5. The summed E-state index contributed by atoms with van der Waals surface area (Å²) in [5.41, 5.74) is 15.3. The van der Waals surface area contributed by atoms with Crippen molar-refractivity contribution in [2.75, 3.05) is 4.90 Å².